The second-order valence-electron chi connectivity index (χ2n) is 4.86. The highest BCUT2D eigenvalue weighted by molar-refractivity contribution is 9.10. The fourth-order valence-corrected chi connectivity index (χ4v) is 2.19. The van der Waals surface area contributed by atoms with Crippen LogP contribution < -0.4 is 10.6 Å². The van der Waals surface area contributed by atoms with Gasteiger partial charge in [0, 0.05) is 17.1 Å². The Hall–Kier alpha value is -0.870. The van der Waals surface area contributed by atoms with E-state index >= 15 is 0 Å². The third-order valence-corrected chi connectivity index (χ3v) is 3.37. The van der Waals surface area contributed by atoms with Gasteiger partial charge in [0.05, 0.1) is 6.04 Å². The summed E-state index contributed by atoms with van der Waals surface area (Å²) >= 11 is 3.53. The summed E-state index contributed by atoms with van der Waals surface area (Å²) in [6, 6.07) is 6.20. The average molecular weight is 313 g/mol. The van der Waals surface area contributed by atoms with Crippen molar-refractivity contribution in [2.75, 3.05) is 0 Å². The second-order valence-corrected chi connectivity index (χ2v) is 5.72. The van der Waals surface area contributed by atoms with E-state index in [4.69, 9.17) is 0 Å². The number of carbonyl (C=O) groups is 1. The van der Waals surface area contributed by atoms with E-state index in [1.54, 1.807) is 0 Å². The molecule has 100 valence electrons. The van der Waals surface area contributed by atoms with Crippen molar-refractivity contribution < 1.29 is 4.79 Å². The first-order valence-corrected chi connectivity index (χ1v) is 6.98. The van der Waals surface area contributed by atoms with Gasteiger partial charge in [-0.05, 0) is 44.9 Å². The molecule has 1 unspecified atom stereocenters. The first-order valence-electron chi connectivity index (χ1n) is 6.19. The summed E-state index contributed by atoms with van der Waals surface area (Å²) in [5.74, 6) is 0.0354. The van der Waals surface area contributed by atoms with E-state index in [0.29, 0.717) is 6.54 Å². The largest absolute Gasteiger partial charge is 0.353 e. The molecule has 3 nitrogen and oxygen atoms in total. The highest BCUT2D eigenvalue weighted by atomic mass is 79.9. The molecule has 0 aromatic heterocycles. The van der Waals surface area contributed by atoms with E-state index in [2.05, 4.69) is 51.7 Å². The molecule has 0 fully saturated rings. The van der Waals surface area contributed by atoms with Gasteiger partial charge in [-0.1, -0.05) is 28.1 Å². The van der Waals surface area contributed by atoms with Gasteiger partial charge >= 0.3 is 0 Å². The first-order chi connectivity index (χ1) is 8.40. The van der Waals surface area contributed by atoms with Crippen LogP contribution in [0.15, 0.2) is 22.7 Å². The third-order valence-electron chi connectivity index (χ3n) is 2.63. The van der Waals surface area contributed by atoms with Crippen LogP contribution in [-0.2, 0) is 11.3 Å². The van der Waals surface area contributed by atoms with Crippen LogP contribution in [0.4, 0.5) is 0 Å². The molecule has 0 aliphatic carbocycles. The Labute approximate surface area is 117 Å². The zero-order valence-corrected chi connectivity index (χ0v) is 13.0. The summed E-state index contributed by atoms with van der Waals surface area (Å²) in [7, 11) is 0. The Bertz CT molecular complexity index is 418. The molecule has 2 N–H and O–H groups in total. The molecule has 1 rings (SSSR count). The van der Waals surface area contributed by atoms with Crippen molar-refractivity contribution in [2.45, 2.75) is 46.3 Å². The molecule has 4 heteroatoms. The van der Waals surface area contributed by atoms with Crippen LogP contribution in [-0.4, -0.2) is 18.0 Å². The molecular weight excluding hydrogens is 292 g/mol. The lowest BCUT2D eigenvalue weighted by atomic mass is 10.1. The molecule has 1 atom stereocenters. The minimum Gasteiger partial charge on any atom is -0.353 e. The van der Waals surface area contributed by atoms with Gasteiger partial charge in [0.1, 0.15) is 0 Å². The number of aryl methyl sites for hydroxylation is 1. The van der Waals surface area contributed by atoms with Crippen LogP contribution in [0.2, 0.25) is 0 Å². The predicted octanol–water partition coefficient (Wildman–Crippen LogP) is 2.76. The van der Waals surface area contributed by atoms with Gasteiger partial charge in [-0.3, -0.25) is 4.79 Å². The average Bonchev–Trinajstić information content (AvgIpc) is 2.26. The summed E-state index contributed by atoms with van der Waals surface area (Å²) in [5.41, 5.74) is 2.38. The number of benzene rings is 1. The van der Waals surface area contributed by atoms with Crippen molar-refractivity contribution in [3.63, 3.8) is 0 Å². The SMILES string of the molecule is Cc1ccc(CNC(C)C(=O)NC(C)C)c(Br)c1. The Balaban J connectivity index is 2.52. The lowest BCUT2D eigenvalue weighted by Gasteiger charge is -2.16. The van der Waals surface area contributed by atoms with Gasteiger partial charge in [-0.2, -0.15) is 0 Å². The molecule has 18 heavy (non-hydrogen) atoms. The van der Waals surface area contributed by atoms with E-state index in [-0.39, 0.29) is 18.0 Å². The topological polar surface area (TPSA) is 41.1 Å². The van der Waals surface area contributed by atoms with E-state index in [1.807, 2.05) is 20.8 Å². The molecule has 0 heterocycles. The maximum absolute atomic E-state index is 11.7. The molecule has 0 radical (unpaired) electrons. The van der Waals surface area contributed by atoms with Crippen molar-refractivity contribution in [2.24, 2.45) is 0 Å². The van der Waals surface area contributed by atoms with Gasteiger partial charge in [0.25, 0.3) is 0 Å². The van der Waals surface area contributed by atoms with Crippen molar-refractivity contribution in [1.82, 2.24) is 10.6 Å². The lowest BCUT2D eigenvalue weighted by molar-refractivity contribution is -0.123. The molecule has 1 aromatic carbocycles. The summed E-state index contributed by atoms with van der Waals surface area (Å²) in [6.45, 7) is 8.52. The zero-order chi connectivity index (χ0) is 13.7. The summed E-state index contributed by atoms with van der Waals surface area (Å²) in [4.78, 5) is 11.7. The Morgan fingerprint density at radius 3 is 2.56 bits per heavy atom. The van der Waals surface area contributed by atoms with Crippen molar-refractivity contribution in [3.05, 3.63) is 33.8 Å². The van der Waals surface area contributed by atoms with Gasteiger partial charge in [-0.15, -0.1) is 0 Å². The molecule has 0 aliphatic heterocycles. The number of hydrogen-bond donors (Lipinski definition) is 2. The molecule has 0 saturated carbocycles. The lowest BCUT2D eigenvalue weighted by Crippen LogP contribution is -2.44. The Morgan fingerprint density at radius 2 is 2.00 bits per heavy atom. The van der Waals surface area contributed by atoms with Crippen molar-refractivity contribution in [3.8, 4) is 0 Å². The van der Waals surface area contributed by atoms with Gasteiger partial charge in [0.15, 0.2) is 0 Å². The standard InChI is InChI=1S/C14H21BrN2O/c1-9(2)17-14(18)11(4)16-8-12-6-5-10(3)7-13(12)15/h5-7,9,11,16H,8H2,1-4H3,(H,17,18). The minimum absolute atomic E-state index is 0.0354. The maximum atomic E-state index is 11.7. The molecule has 0 bridgehead atoms. The second kappa shape index (κ2) is 6.90. The first kappa shape index (κ1) is 15.2. The highest BCUT2D eigenvalue weighted by Gasteiger charge is 2.13. The number of carbonyl (C=O) groups excluding carboxylic acids is 1. The Kier molecular flexibility index (Phi) is 5.82. The van der Waals surface area contributed by atoms with Crippen LogP contribution in [0, 0.1) is 6.92 Å². The smallest absolute Gasteiger partial charge is 0.237 e. The molecule has 0 saturated heterocycles. The van der Waals surface area contributed by atoms with Crippen LogP contribution in [0.3, 0.4) is 0 Å². The summed E-state index contributed by atoms with van der Waals surface area (Å²) < 4.78 is 1.08. The normalized spacial score (nSPS) is 12.6. The molecule has 0 spiro atoms. The van der Waals surface area contributed by atoms with Gasteiger partial charge in [-0.25, -0.2) is 0 Å². The number of nitrogens with one attached hydrogen (secondary N) is 2. The number of hydrogen-bond acceptors (Lipinski definition) is 2. The van der Waals surface area contributed by atoms with Crippen LogP contribution >= 0.6 is 15.9 Å². The molecule has 1 aromatic rings. The Morgan fingerprint density at radius 1 is 1.33 bits per heavy atom. The van der Waals surface area contributed by atoms with E-state index in [1.165, 1.54) is 5.56 Å². The van der Waals surface area contributed by atoms with Crippen LogP contribution in [0.25, 0.3) is 0 Å². The monoisotopic (exact) mass is 312 g/mol. The third kappa shape index (κ3) is 4.78. The van der Waals surface area contributed by atoms with Gasteiger partial charge in [0.2, 0.25) is 5.91 Å². The zero-order valence-electron chi connectivity index (χ0n) is 11.4. The van der Waals surface area contributed by atoms with Gasteiger partial charge < -0.3 is 10.6 Å². The van der Waals surface area contributed by atoms with E-state index in [9.17, 15) is 4.79 Å². The maximum Gasteiger partial charge on any atom is 0.237 e. The predicted molar refractivity (Wildman–Crippen MR) is 78.5 cm³/mol. The van der Waals surface area contributed by atoms with Crippen molar-refractivity contribution in [1.29, 1.82) is 0 Å². The van der Waals surface area contributed by atoms with Crippen LogP contribution in [0.1, 0.15) is 31.9 Å². The fraction of sp³-hybridized carbons (Fsp3) is 0.500. The number of rotatable bonds is 5. The van der Waals surface area contributed by atoms with Crippen LogP contribution in [0.5, 0.6) is 0 Å². The van der Waals surface area contributed by atoms with Crippen molar-refractivity contribution >= 4 is 21.8 Å². The summed E-state index contributed by atoms with van der Waals surface area (Å²) in [5, 5.41) is 6.11. The van der Waals surface area contributed by atoms with E-state index in [0.717, 1.165) is 10.0 Å². The fourth-order valence-electron chi connectivity index (χ4n) is 1.56. The quantitative estimate of drug-likeness (QED) is 0.877. The molecular formula is C14H21BrN2O. The minimum atomic E-state index is -0.194. The molecule has 0 aliphatic rings. The molecule has 1 amide bonds. The number of halogens is 1. The highest BCUT2D eigenvalue weighted by Crippen LogP contribution is 2.18. The number of amides is 1. The summed E-state index contributed by atoms with van der Waals surface area (Å²) in [6.07, 6.45) is 0. The van der Waals surface area contributed by atoms with E-state index < -0.39 is 0 Å².